The molecule has 0 spiro atoms. The summed E-state index contributed by atoms with van der Waals surface area (Å²) in [5.74, 6) is 1.16. The molecule has 1 aliphatic rings. The number of aryl methyl sites for hydroxylation is 2. The fourth-order valence-electron chi connectivity index (χ4n) is 3.69. The Morgan fingerprint density at radius 1 is 1.06 bits per heavy atom. The molecular formula is C26H30N2O4S2. The lowest BCUT2D eigenvalue weighted by Crippen LogP contribution is -2.29. The van der Waals surface area contributed by atoms with E-state index in [9.17, 15) is 9.59 Å². The zero-order valence-electron chi connectivity index (χ0n) is 20.0. The number of hydrogen-bond acceptors (Lipinski definition) is 6. The number of ether oxygens (including phenoxy) is 2. The lowest BCUT2D eigenvalue weighted by atomic mass is 10.1. The van der Waals surface area contributed by atoms with Gasteiger partial charge in [0.05, 0.1) is 19.1 Å². The first-order valence-electron chi connectivity index (χ1n) is 11.2. The van der Waals surface area contributed by atoms with Crippen LogP contribution in [0.15, 0.2) is 41.3 Å². The standard InChI is InChI=1S/C26H30N2O4S2/c1-17-9-11-20(18(2)14-17)27-24(29)8-6-5-7-13-28-25(30)23(34-26(28)33)16-19-10-12-21(31-3)22(15-19)32-4/h9-12,14-16H,5-8,13H2,1-4H3,(H,27,29)/b23-16-. The Bertz CT molecular complexity index is 1110. The van der Waals surface area contributed by atoms with Crippen molar-refractivity contribution in [3.05, 3.63) is 58.0 Å². The molecule has 0 aliphatic carbocycles. The molecule has 1 fully saturated rings. The molecule has 1 saturated heterocycles. The van der Waals surface area contributed by atoms with Gasteiger partial charge in [-0.05, 0) is 62.1 Å². The van der Waals surface area contributed by atoms with Crippen molar-refractivity contribution in [3.8, 4) is 11.5 Å². The maximum absolute atomic E-state index is 12.9. The number of anilines is 1. The van der Waals surface area contributed by atoms with Gasteiger partial charge in [0.2, 0.25) is 5.91 Å². The smallest absolute Gasteiger partial charge is 0.266 e. The number of nitrogens with zero attached hydrogens (tertiary/aromatic N) is 1. The second-order valence-electron chi connectivity index (χ2n) is 8.12. The van der Waals surface area contributed by atoms with E-state index in [1.165, 1.54) is 17.3 Å². The van der Waals surface area contributed by atoms with Crippen LogP contribution >= 0.6 is 24.0 Å². The molecule has 180 valence electrons. The highest BCUT2D eigenvalue weighted by atomic mass is 32.2. The molecule has 34 heavy (non-hydrogen) atoms. The average Bonchev–Trinajstić information content (AvgIpc) is 3.07. The summed E-state index contributed by atoms with van der Waals surface area (Å²) < 4.78 is 11.2. The van der Waals surface area contributed by atoms with Gasteiger partial charge in [0.25, 0.3) is 5.91 Å². The average molecular weight is 499 g/mol. The maximum atomic E-state index is 12.9. The molecule has 3 rings (SSSR count). The molecule has 8 heteroatoms. The van der Waals surface area contributed by atoms with E-state index in [1.54, 1.807) is 19.1 Å². The van der Waals surface area contributed by atoms with Crippen molar-refractivity contribution >= 4 is 51.9 Å². The van der Waals surface area contributed by atoms with Gasteiger partial charge in [0.15, 0.2) is 11.5 Å². The third-order valence-electron chi connectivity index (χ3n) is 5.52. The summed E-state index contributed by atoms with van der Waals surface area (Å²) in [6.07, 6.45) is 4.65. The molecule has 2 amide bonds. The number of thiocarbonyl (C=S) groups is 1. The molecule has 1 aliphatic heterocycles. The van der Waals surface area contributed by atoms with Crippen LogP contribution in [0.5, 0.6) is 11.5 Å². The van der Waals surface area contributed by atoms with Crippen LogP contribution in [0.1, 0.15) is 42.4 Å². The summed E-state index contributed by atoms with van der Waals surface area (Å²) in [7, 11) is 3.16. The van der Waals surface area contributed by atoms with Gasteiger partial charge in [-0.25, -0.2) is 0 Å². The number of unbranched alkanes of at least 4 members (excludes halogenated alkanes) is 2. The van der Waals surface area contributed by atoms with E-state index in [-0.39, 0.29) is 11.8 Å². The van der Waals surface area contributed by atoms with E-state index in [1.807, 2.05) is 50.3 Å². The summed E-state index contributed by atoms with van der Waals surface area (Å²) in [5.41, 5.74) is 3.93. The highest BCUT2D eigenvalue weighted by molar-refractivity contribution is 8.26. The molecule has 2 aromatic rings. The molecule has 0 unspecified atom stereocenters. The number of carbonyl (C=O) groups excluding carboxylic acids is 2. The van der Waals surface area contributed by atoms with E-state index in [0.29, 0.717) is 33.7 Å². The van der Waals surface area contributed by atoms with Crippen molar-refractivity contribution < 1.29 is 19.1 Å². The molecular weight excluding hydrogens is 468 g/mol. The third-order valence-corrected chi connectivity index (χ3v) is 6.90. The van der Waals surface area contributed by atoms with Crippen molar-refractivity contribution in [2.45, 2.75) is 39.5 Å². The molecule has 6 nitrogen and oxygen atoms in total. The maximum Gasteiger partial charge on any atom is 0.266 e. The van der Waals surface area contributed by atoms with Gasteiger partial charge in [-0.2, -0.15) is 0 Å². The zero-order valence-corrected chi connectivity index (χ0v) is 21.6. The van der Waals surface area contributed by atoms with Crippen molar-refractivity contribution in [1.29, 1.82) is 0 Å². The van der Waals surface area contributed by atoms with E-state index >= 15 is 0 Å². The summed E-state index contributed by atoms with van der Waals surface area (Å²) in [6.45, 7) is 4.57. The van der Waals surface area contributed by atoms with Crippen LogP contribution in [0.25, 0.3) is 6.08 Å². The Balaban J connectivity index is 1.46. The Hall–Kier alpha value is -2.84. The minimum Gasteiger partial charge on any atom is -0.493 e. The van der Waals surface area contributed by atoms with Crippen LogP contribution in [-0.4, -0.2) is 41.8 Å². The van der Waals surface area contributed by atoms with Gasteiger partial charge >= 0.3 is 0 Å². The van der Waals surface area contributed by atoms with Gasteiger partial charge in [-0.1, -0.05) is 54.2 Å². The highest BCUT2D eigenvalue weighted by Crippen LogP contribution is 2.34. The number of amides is 2. The first-order valence-corrected chi connectivity index (χ1v) is 12.4. The minimum absolute atomic E-state index is 0.00965. The van der Waals surface area contributed by atoms with Gasteiger partial charge in [-0.3, -0.25) is 14.5 Å². The SMILES string of the molecule is COc1ccc(/C=C2\SC(=S)N(CCCCCC(=O)Nc3ccc(C)cc3C)C2=O)cc1OC. The van der Waals surface area contributed by atoms with Crippen molar-refractivity contribution in [1.82, 2.24) is 4.90 Å². The largest absolute Gasteiger partial charge is 0.493 e. The van der Waals surface area contributed by atoms with Crippen molar-refractivity contribution in [3.63, 3.8) is 0 Å². The number of nitrogens with one attached hydrogen (secondary N) is 1. The zero-order chi connectivity index (χ0) is 24.7. The van der Waals surface area contributed by atoms with Crippen LogP contribution in [0.2, 0.25) is 0 Å². The number of rotatable bonds is 10. The van der Waals surface area contributed by atoms with Gasteiger partial charge < -0.3 is 14.8 Å². The number of methoxy groups -OCH3 is 2. The van der Waals surface area contributed by atoms with E-state index in [0.717, 1.165) is 36.1 Å². The second-order valence-corrected chi connectivity index (χ2v) is 9.80. The first-order chi connectivity index (χ1) is 16.3. The van der Waals surface area contributed by atoms with Crippen molar-refractivity contribution in [2.24, 2.45) is 0 Å². The normalized spacial score (nSPS) is 14.6. The third kappa shape index (κ3) is 6.61. The minimum atomic E-state index is -0.0858. The van der Waals surface area contributed by atoms with Crippen LogP contribution in [-0.2, 0) is 9.59 Å². The summed E-state index contributed by atoms with van der Waals surface area (Å²) in [5, 5.41) is 2.98. The number of hydrogen-bond donors (Lipinski definition) is 1. The van der Waals surface area contributed by atoms with Gasteiger partial charge in [-0.15, -0.1) is 0 Å². The molecule has 1 heterocycles. The summed E-state index contributed by atoms with van der Waals surface area (Å²) in [4.78, 5) is 27.3. The molecule has 0 bridgehead atoms. The fraction of sp³-hybridized carbons (Fsp3) is 0.346. The summed E-state index contributed by atoms with van der Waals surface area (Å²) >= 11 is 6.74. The van der Waals surface area contributed by atoms with Crippen LogP contribution in [0, 0.1) is 13.8 Å². The lowest BCUT2D eigenvalue weighted by molar-refractivity contribution is -0.122. The van der Waals surface area contributed by atoms with Gasteiger partial charge in [0.1, 0.15) is 4.32 Å². The second kappa shape index (κ2) is 12.0. The van der Waals surface area contributed by atoms with E-state index in [2.05, 4.69) is 11.4 Å². The van der Waals surface area contributed by atoms with Crippen LogP contribution in [0.3, 0.4) is 0 Å². The first kappa shape index (κ1) is 25.8. The van der Waals surface area contributed by atoms with E-state index in [4.69, 9.17) is 21.7 Å². The quantitative estimate of drug-likeness (QED) is 0.257. The van der Waals surface area contributed by atoms with Crippen molar-refractivity contribution in [2.75, 3.05) is 26.1 Å². The molecule has 0 radical (unpaired) electrons. The highest BCUT2D eigenvalue weighted by Gasteiger charge is 2.31. The molecule has 1 N–H and O–H groups in total. The molecule has 0 aromatic heterocycles. The topological polar surface area (TPSA) is 67.9 Å². The van der Waals surface area contributed by atoms with Crippen LogP contribution < -0.4 is 14.8 Å². The Morgan fingerprint density at radius 3 is 2.53 bits per heavy atom. The predicted octanol–water partition coefficient (Wildman–Crippen LogP) is 5.72. The molecule has 2 aromatic carbocycles. The number of benzene rings is 2. The monoisotopic (exact) mass is 498 g/mol. The number of thioether (sulfide) groups is 1. The molecule has 0 saturated carbocycles. The fourth-order valence-corrected chi connectivity index (χ4v) is 4.99. The predicted molar refractivity (Wildman–Crippen MR) is 142 cm³/mol. The van der Waals surface area contributed by atoms with Crippen LogP contribution in [0.4, 0.5) is 5.69 Å². The Kier molecular flexibility index (Phi) is 9.12. The molecule has 0 atom stereocenters. The lowest BCUT2D eigenvalue weighted by Gasteiger charge is -2.14. The van der Waals surface area contributed by atoms with E-state index < -0.39 is 0 Å². The number of carbonyl (C=O) groups is 2. The Labute approximate surface area is 210 Å². The Morgan fingerprint density at radius 2 is 1.82 bits per heavy atom. The van der Waals surface area contributed by atoms with Gasteiger partial charge in [0, 0.05) is 18.7 Å². The summed E-state index contributed by atoms with van der Waals surface area (Å²) in [6, 6.07) is 11.5.